The molecule has 0 fully saturated rings. The van der Waals surface area contributed by atoms with Crippen molar-refractivity contribution in [1.82, 2.24) is 0 Å². The molecule has 3 nitrogen and oxygen atoms in total. The summed E-state index contributed by atoms with van der Waals surface area (Å²) >= 11 is 1.63. The van der Waals surface area contributed by atoms with Crippen molar-refractivity contribution in [2.75, 3.05) is 0 Å². The number of aryl methyl sites for hydroxylation is 1. The van der Waals surface area contributed by atoms with Crippen molar-refractivity contribution < 1.29 is 4.42 Å². The molecule has 3 rings (SSSR count). The molecule has 0 atom stereocenters. The van der Waals surface area contributed by atoms with E-state index in [2.05, 4.69) is 11.1 Å². The summed E-state index contributed by atoms with van der Waals surface area (Å²) in [4.78, 5) is 5.69. The summed E-state index contributed by atoms with van der Waals surface area (Å²) in [6.45, 7) is 0. The Hall–Kier alpha value is -1.86. The third-order valence-electron chi connectivity index (χ3n) is 2.87. The molecule has 0 saturated carbocycles. The number of furan rings is 1. The predicted octanol–water partition coefficient (Wildman–Crippen LogP) is 3.45. The van der Waals surface area contributed by atoms with E-state index in [4.69, 9.17) is 4.42 Å². The van der Waals surface area contributed by atoms with E-state index in [1.807, 2.05) is 12.1 Å². The Bertz CT molecular complexity index is 602. The van der Waals surface area contributed by atoms with Gasteiger partial charge in [0, 0.05) is 4.88 Å². The molecule has 1 aliphatic carbocycles. The molecule has 2 aromatic heterocycles. The summed E-state index contributed by atoms with van der Waals surface area (Å²) in [5, 5.41) is 10.0. The molecule has 1 aliphatic rings. The lowest BCUT2D eigenvalue weighted by atomic mass is 10.1. The fourth-order valence-corrected chi connectivity index (χ4v) is 3.27. The van der Waals surface area contributed by atoms with Gasteiger partial charge in [0.15, 0.2) is 0 Å². The topological polar surface area (TPSA) is 49.3 Å². The minimum Gasteiger partial charge on any atom is -0.463 e. The van der Waals surface area contributed by atoms with Gasteiger partial charge >= 0.3 is 0 Å². The third kappa shape index (κ3) is 1.79. The second-order valence-corrected chi connectivity index (χ2v) is 5.01. The smallest absolute Gasteiger partial charge is 0.144 e. The monoisotopic (exact) mass is 242 g/mol. The summed E-state index contributed by atoms with van der Waals surface area (Å²) < 4.78 is 5.18. The van der Waals surface area contributed by atoms with Crippen molar-refractivity contribution in [3.8, 4) is 6.07 Å². The first-order valence-corrected chi connectivity index (χ1v) is 6.32. The molecule has 2 aromatic rings. The van der Waals surface area contributed by atoms with E-state index in [0.717, 1.165) is 29.8 Å². The van der Waals surface area contributed by atoms with Crippen LogP contribution < -0.4 is 0 Å². The highest BCUT2D eigenvalue weighted by Gasteiger charge is 2.21. The molecule has 0 N–H and O–H groups in total. The van der Waals surface area contributed by atoms with Crippen molar-refractivity contribution in [3.05, 3.63) is 40.2 Å². The second kappa shape index (κ2) is 4.19. The summed E-state index contributed by atoms with van der Waals surface area (Å²) in [5.74, 6) is 0.711. The summed E-state index contributed by atoms with van der Waals surface area (Å²) in [6.07, 6.45) is 6.55. The Morgan fingerprint density at radius 3 is 3.18 bits per heavy atom. The Morgan fingerprint density at radius 2 is 2.41 bits per heavy atom. The van der Waals surface area contributed by atoms with Crippen LogP contribution in [0.15, 0.2) is 27.8 Å². The van der Waals surface area contributed by atoms with E-state index in [1.165, 1.54) is 10.4 Å². The van der Waals surface area contributed by atoms with Gasteiger partial charge in [0.2, 0.25) is 0 Å². The van der Waals surface area contributed by atoms with E-state index < -0.39 is 0 Å². The largest absolute Gasteiger partial charge is 0.463 e. The first-order valence-electron chi connectivity index (χ1n) is 5.50. The molecule has 0 bridgehead atoms. The van der Waals surface area contributed by atoms with Gasteiger partial charge in [-0.1, -0.05) is 0 Å². The average Bonchev–Trinajstić information content (AvgIpc) is 3.02. The van der Waals surface area contributed by atoms with Gasteiger partial charge in [-0.15, -0.1) is 11.3 Å². The lowest BCUT2D eigenvalue weighted by Crippen LogP contribution is -1.80. The molecule has 2 heterocycles. The van der Waals surface area contributed by atoms with Gasteiger partial charge in [0.05, 0.1) is 18.0 Å². The molecular weight excluding hydrogens is 232 g/mol. The number of thiophene rings is 1. The van der Waals surface area contributed by atoms with E-state index >= 15 is 0 Å². The van der Waals surface area contributed by atoms with Crippen LogP contribution in [0.3, 0.4) is 0 Å². The molecule has 17 heavy (non-hydrogen) atoms. The van der Waals surface area contributed by atoms with Gasteiger partial charge < -0.3 is 4.42 Å². The molecule has 0 spiro atoms. The molecule has 0 radical (unpaired) electrons. The van der Waals surface area contributed by atoms with Crippen molar-refractivity contribution in [2.24, 2.45) is 4.99 Å². The summed E-state index contributed by atoms with van der Waals surface area (Å²) in [6, 6.07) is 5.94. The number of rotatable bonds is 2. The number of fused-ring (bicyclic) bond motifs is 1. The van der Waals surface area contributed by atoms with Crippen LogP contribution in [-0.4, -0.2) is 6.21 Å². The zero-order valence-corrected chi connectivity index (χ0v) is 9.96. The Balaban J connectivity index is 1.97. The summed E-state index contributed by atoms with van der Waals surface area (Å²) in [7, 11) is 0. The Labute approximate surface area is 103 Å². The molecular formula is C13H10N2OS. The minimum absolute atomic E-state index is 0.711. The fraction of sp³-hybridized carbons (Fsp3) is 0.231. The third-order valence-corrected chi connectivity index (χ3v) is 4.07. The van der Waals surface area contributed by atoms with Crippen LogP contribution in [-0.2, 0) is 12.8 Å². The molecule has 0 saturated heterocycles. The first kappa shape index (κ1) is 10.3. The molecule has 84 valence electrons. The maximum Gasteiger partial charge on any atom is 0.144 e. The van der Waals surface area contributed by atoms with Gasteiger partial charge in [-0.25, -0.2) is 4.99 Å². The zero-order valence-electron chi connectivity index (χ0n) is 9.14. The molecule has 0 aliphatic heterocycles. The van der Waals surface area contributed by atoms with Crippen LogP contribution in [0.2, 0.25) is 0 Å². The van der Waals surface area contributed by atoms with E-state index in [9.17, 15) is 5.26 Å². The zero-order chi connectivity index (χ0) is 11.7. The number of hydrogen-bond donors (Lipinski definition) is 0. The van der Waals surface area contributed by atoms with Crippen LogP contribution in [0.5, 0.6) is 0 Å². The van der Waals surface area contributed by atoms with Crippen LogP contribution in [0.25, 0.3) is 0 Å². The summed E-state index contributed by atoms with van der Waals surface area (Å²) in [5.41, 5.74) is 1.97. The van der Waals surface area contributed by atoms with Crippen LogP contribution in [0, 0.1) is 11.3 Å². The van der Waals surface area contributed by atoms with Crippen LogP contribution in [0.1, 0.15) is 28.2 Å². The minimum atomic E-state index is 0.711. The molecule has 0 aromatic carbocycles. The van der Waals surface area contributed by atoms with E-state index in [-0.39, 0.29) is 0 Å². The van der Waals surface area contributed by atoms with Crippen molar-refractivity contribution >= 4 is 22.6 Å². The van der Waals surface area contributed by atoms with Crippen molar-refractivity contribution in [1.29, 1.82) is 5.26 Å². The van der Waals surface area contributed by atoms with Gasteiger partial charge in [0.25, 0.3) is 0 Å². The van der Waals surface area contributed by atoms with Gasteiger partial charge in [-0.2, -0.15) is 5.26 Å². The fourth-order valence-electron chi connectivity index (χ4n) is 2.08. The number of hydrogen-bond acceptors (Lipinski definition) is 4. The lowest BCUT2D eigenvalue weighted by molar-refractivity contribution is 0.560. The molecule has 0 unspecified atom stereocenters. The maximum atomic E-state index is 9.19. The second-order valence-electron chi connectivity index (χ2n) is 3.92. The normalized spacial score (nSPS) is 14.1. The highest BCUT2D eigenvalue weighted by Crippen LogP contribution is 2.40. The van der Waals surface area contributed by atoms with Gasteiger partial charge in [-0.3, -0.25) is 0 Å². The number of aliphatic imine (C=N–C) groups is 1. The van der Waals surface area contributed by atoms with Crippen molar-refractivity contribution in [2.45, 2.75) is 19.3 Å². The quantitative estimate of drug-likeness (QED) is 0.757. The SMILES string of the molecule is N#Cc1c(/N=C/c2ccco2)sc2c1CCC2. The Morgan fingerprint density at radius 1 is 1.47 bits per heavy atom. The Kier molecular flexibility index (Phi) is 2.54. The van der Waals surface area contributed by atoms with E-state index in [0.29, 0.717) is 5.76 Å². The van der Waals surface area contributed by atoms with E-state index in [1.54, 1.807) is 23.8 Å². The highest BCUT2D eigenvalue weighted by molar-refractivity contribution is 7.16. The standard InChI is InChI=1S/C13H10N2OS/c14-7-11-10-4-1-5-12(10)17-13(11)15-8-9-3-2-6-16-9/h2-3,6,8H,1,4-5H2/b15-8+. The molecule has 4 heteroatoms. The van der Waals surface area contributed by atoms with Gasteiger partial charge in [0.1, 0.15) is 16.8 Å². The van der Waals surface area contributed by atoms with Crippen molar-refractivity contribution in [3.63, 3.8) is 0 Å². The van der Waals surface area contributed by atoms with Crippen LogP contribution >= 0.6 is 11.3 Å². The average molecular weight is 242 g/mol. The van der Waals surface area contributed by atoms with Crippen LogP contribution in [0.4, 0.5) is 5.00 Å². The highest BCUT2D eigenvalue weighted by atomic mass is 32.1. The first-order chi connectivity index (χ1) is 8.38. The van der Waals surface area contributed by atoms with Gasteiger partial charge in [-0.05, 0) is 37.0 Å². The number of nitrogens with zero attached hydrogens (tertiary/aromatic N) is 2. The number of nitriles is 1. The maximum absolute atomic E-state index is 9.19. The molecule has 0 amide bonds. The predicted molar refractivity (Wildman–Crippen MR) is 67.0 cm³/mol. The lowest BCUT2D eigenvalue weighted by Gasteiger charge is -1.91.